The number of nitrogens with zero attached hydrogens (tertiary/aromatic N) is 2. The first-order valence-electron chi connectivity index (χ1n) is 9.76. The van der Waals surface area contributed by atoms with Crippen LogP contribution in [0.2, 0.25) is 0 Å². The minimum Gasteiger partial charge on any atom is -0.467 e. The number of likely N-dealkylation sites (N-methyl/N-ethyl adjacent to an activating group) is 1. The molecule has 1 aromatic heterocycles. The summed E-state index contributed by atoms with van der Waals surface area (Å²) in [6, 6.07) is 14.1. The fraction of sp³-hybridized carbons (Fsp3) is 0.455. The molecule has 1 fully saturated rings. The van der Waals surface area contributed by atoms with E-state index in [1.807, 2.05) is 42.2 Å². The molecule has 0 N–H and O–H groups in total. The summed E-state index contributed by atoms with van der Waals surface area (Å²) in [4.78, 5) is 29.2. The minimum absolute atomic E-state index is 0.0249. The first kappa shape index (κ1) is 19.2. The fourth-order valence-corrected chi connectivity index (χ4v) is 3.87. The number of carbonyl (C=O) groups excluding carboxylic acids is 2. The molecule has 1 aliphatic rings. The summed E-state index contributed by atoms with van der Waals surface area (Å²) >= 11 is 0. The van der Waals surface area contributed by atoms with Crippen LogP contribution in [0.4, 0.5) is 0 Å². The van der Waals surface area contributed by atoms with Crippen molar-refractivity contribution in [3.63, 3.8) is 0 Å². The molecule has 1 aliphatic heterocycles. The Morgan fingerprint density at radius 2 is 2.00 bits per heavy atom. The van der Waals surface area contributed by atoms with E-state index in [1.54, 1.807) is 11.2 Å². The highest BCUT2D eigenvalue weighted by molar-refractivity contribution is 5.89. The van der Waals surface area contributed by atoms with Crippen LogP contribution in [0.15, 0.2) is 53.1 Å². The second-order valence-corrected chi connectivity index (χ2v) is 7.13. The Morgan fingerprint density at radius 1 is 1.22 bits per heavy atom. The molecule has 27 heavy (non-hydrogen) atoms. The highest BCUT2D eigenvalue weighted by Gasteiger charge is 2.37. The molecule has 1 aromatic carbocycles. The van der Waals surface area contributed by atoms with Crippen molar-refractivity contribution in [3.8, 4) is 0 Å². The Labute approximate surface area is 160 Å². The second-order valence-electron chi connectivity index (χ2n) is 7.13. The van der Waals surface area contributed by atoms with Gasteiger partial charge in [0.05, 0.1) is 18.7 Å². The van der Waals surface area contributed by atoms with E-state index in [2.05, 4.69) is 19.1 Å². The van der Waals surface area contributed by atoms with Crippen molar-refractivity contribution in [1.82, 2.24) is 9.80 Å². The summed E-state index contributed by atoms with van der Waals surface area (Å²) in [5, 5.41) is 0. The van der Waals surface area contributed by atoms with E-state index in [4.69, 9.17) is 4.42 Å². The van der Waals surface area contributed by atoms with Crippen molar-refractivity contribution < 1.29 is 14.0 Å². The van der Waals surface area contributed by atoms with Crippen molar-refractivity contribution in [3.05, 3.63) is 60.1 Å². The zero-order valence-corrected chi connectivity index (χ0v) is 16.1. The van der Waals surface area contributed by atoms with Gasteiger partial charge in [0, 0.05) is 25.6 Å². The summed E-state index contributed by atoms with van der Waals surface area (Å²) in [6.45, 7) is 5.70. The monoisotopic (exact) mass is 368 g/mol. The molecule has 144 valence electrons. The van der Waals surface area contributed by atoms with E-state index in [-0.39, 0.29) is 30.2 Å². The average molecular weight is 368 g/mol. The SMILES string of the molecule is CC[C@H](Cc1ccccc1)N(CC)C(=O)[C@H]1CC(=O)N(Cc2ccco2)C1. The molecular weight excluding hydrogens is 340 g/mol. The van der Waals surface area contributed by atoms with Gasteiger partial charge in [-0.25, -0.2) is 0 Å². The van der Waals surface area contributed by atoms with Gasteiger partial charge in [-0.15, -0.1) is 0 Å². The normalized spacial score (nSPS) is 17.9. The largest absolute Gasteiger partial charge is 0.467 e. The van der Waals surface area contributed by atoms with Gasteiger partial charge in [0.25, 0.3) is 0 Å². The molecule has 0 aliphatic carbocycles. The van der Waals surface area contributed by atoms with Gasteiger partial charge in [-0.2, -0.15) is 0 Å². The Balaban J connectivity index is 1.65. The van der Waals surface area contributed by atoms with Gasteiger partial charge in [-0.3, -0.25) is 9.59 Å². The maximum atomic E-state index is 13.2. The molecule has 0 radical (unpaired) electrons. The molecule has 0 bridgehead atoms. The lowest BCUT2D eigenvalue weighted by Crippen LogP contribution is -2.45. The number of furan rings is 1. The first-order chi connectivity index (χ1) is 13.1. The van der Waals surface area contributed by atoms with Crippen molar-refractivity contribution in [2.75, 3.05) is 13.1 Å². The third-order valence-corrected chi connectivity index (χ3v) is 5.34. The molecule has 0 saturated carbocycles. The average Bonchev–Trinajstić information content (AvgIpc) is 3.32. The van der Waals surface area contributed by atoms with Crippen molar-refractivity contribution in [1.29, 1.82) is 0 Å². The van der Waals surface area contributed by atoms with Crippen LogP contribution in [0.3, 0.4) is 0 Å². The molecule has 1 saturated heterocycles. The van der Waals surface area contributed by atoms with Crippen LogP contribution in [0.5, 0.6) is 0 Å². The lowest BCUT2D eigenvalue weighted by Gasteiger charge is -2.32. The van der Waals surface area contributed by atoms with E-state index in [0.29, 0.717) is 19.6 Å². The quantitative estimate of drug-likeness (QED) is 0.717. The van der Waals surface area contributed by atoms with Gasteiger partial charge in [0.2, 0.25) is 11.8 Å². The van der Waals surface area contributed by atoms with Gasteiger partial charge in [0.1, 0.15) is 5.76 Å². The van der Waals surface area contributed by atoms with E-state index in [0.717, 1.165) is 18.6 Å². The predicted molar refractivity (Wildman–Crippen MR) is 104 cm³/mol. The number of benzene rings is 1. The zero-order chi connectivity index (χ0) is 19.2. The van der Waals surface area contributed by atoms with Crippen LogP contribution >= 0.6 is 0 Å². The maximum Gasteiger partial charge on any atom is 0.228 e. The molecule has 2 aromatic rings. The van der Waals surface area contributed by atoms with Gasteiger partial charge < -0.3 is 14.2 Å². The molecule has 0 spiro atoms. The topological polar surface area (TPSA) is 53.8 Å². The smallest absolute Gasteiger partial charge is 0.228 e. The second kappa shape index (κ2) is 8.89. The summed E-state index contributed by atoms with van der Waals surface area (Å²) in [7, 11) is 0. The highest BCUT2D eigenvalue weighted by atomic mass is 16.3. The zero-order valence-electron chi connectivity index (χ0n) is 16.1. The summed E-state index contributed by atoms with van der Waals surface area (Å²) < 4.78 is 5.34. The van der Waals surface area contributed by atoms with Crippen molar-refractivity contribution >= 4 is 11.8 Å². The van der Waals surface area contributed by atoms with Gasteiger partial charge >= 0.3 is 0 Å². The minimum atomic E-state index is -0.266. The predicted octanol–water partition coefficient (Wildman–Crippen LogP) is 3.50. The Hall–Kier alpha value is -2.56. The first-order valence-corrected chi connectivity index (χ1v) is 9.76. The van der Waals surface area contributed by atoms with Crippen LogP contribution in [-0.2, 0) is 22.6 Å². The van der Waals surface area contributed by atoms with Crippen LogP contribution in [0, 0.1) is 5.92 Å². The van der Waals surface area contributed by atoms with Gasteiger partial charge in [-0.05, 0) is 37.5 Å². The lowest BCUT2D eigenvalue weighted by atomic mass is 9.99. The summed E-state index contributed by atoms with van der Waals surface area (Å²) in [5.41, 5.74) is 1.23. The van der Waals surface area contributed by atoms with Crippen LogP contribution in [-0.4, -0.2) is 40.7 Å². The molecular formula is C22H28N2O3. The lowest BCUT2D eigenvalue weighted by molar-refractivity contribution is -0.138. The highest BCUT2D eigenvalue weighted by Crippen LogP contribution is 2.24. The molecule has 2 heterocycles. The molecule has 2 atom stereocenters. The third kappa shape index (κ3) is 4.59. The summed E-state index contributed by atoms with van der Waals surface area (Å²) in [5.74, 6) is 0.601. The number of rotatable bonds is 8. The molecule has 0 unspecified atom stereocenters. The van der Waals surface area contributed by atoms with Crippen molar-refractivity contribution in [2.45, 2.75) is 45.7 Å². The van der Waals surface area contributed by atoms with Crippen LogP contribution in [0.1, 0.15) is 38.0 Å². The number of likely N-dealkylation sites (tertiary alicyclic amines) is 1. The molecule has 3 rings (SSSR count). The van der Waals surface area contributed by atoms with Gasteiger partial charge in [-0.1, -0.05) is 37.3 Å². The fourth-order valence-electron chi connectivity index (χ4n) is 3.87. The standard InChI is InChI=1S/C22H28N2O3/c1-3-19(13-17-9-6-5-7-10-17)24(4-2)22(26)18-14-21(25)23(15-18)16-20-11-8-12-27-20/h5-12,18-19H,3-4,13-16H2,1-2H3/t18-,19+/m0/s1. The van der Waals surface area contributed by atoms with E-state index >= 15 is 0 Å². The summed E-state index contributed by atoms with van der Waals surface area (Å²) in [6.07, 6.45) is 3.63. The number of hydrogen-bond donors (Lipinski definition) is 0. The molecule has 5 nitrogen and oxygen atoms in total. The third-order valence-electron chi connectivity index (χ3n) is 5.34. The van der Waals surface area contributed by atoms with E-state index in [9.17, 15) is 9.59 Å². The number of amides is 2. The maximum absolute atomic E-state index is 13.2. The van der Waals surface area contributed by atoms with E-state index < -0.39 is 0 Å². The Kier molecular flexibility index (Phi) is 6.32. The molecule has 2 amide bonds. The Morgan fingerprint density at radius 3 is 2.63 bits per heavy atom. The van der Waals surface area contributed by atoms with Crippen molar-refractivity contribution in [2.24, 2.45) is 5.92 Å². The van der Waals surface area contributed by atoms with E-state index in [1.165, 1.54) is 5.56 Å². The van der Waals surface area contributed by atoms with Crippen LogP contribution < -0.4 is 0 Å². The number of carbonyl (C=O) groups is 2. The molecule has 5 heteroatoms. The van der Waals surface area contributed by atoms with Crippen LogP contribution in [0.25, 0.3) is 0 Å². The van der Waals surface area contributed by atoms with Gasteiger partial charge in [0.15, 0.2) is 0 Å². The Bertz CT molecular complexity index is 742. The number of hydrogen-bond acceptors (Lipinski definition) is 3.